The fraction of sp³-hybridized carbons (Fsp3) is 0.750. The quantitative estimate of drug-likeness (QED) is 0.551. The Morgan fingerprint density at radius 2 is 1.93 bits per heavy atom. The molecule has 0 radical (unpaired) electrons. The van der Waals surface area contributed by atoms with Crippen LogP contribution in [-0.4, -0.2) is 12.1 Å². The molecule has 0 aromatic carbocycles. The van der Waals surface area contributed by atoms with E-state index in [1.807, 2.05) is 0 Å². The summed E-state index contributed by atoms with van der Waals surface area (Å²) < 4.78 is 5.51. The average molecular weight is 192 g/mol. The highest BCUT2D eigenvalue weighted by Gasteiger charge is 2.40. The number of carbonyl (C=O) groups excluding carboxylic acids is 1. The normalized spacial score (nSPS) is 36.4. The van der Waals surface area contributed by atoms with Crippen molar-refractivity contribution in [1.29, 1.82) is 0 Å². The Morgan fingerprint density at radius 3 is 2.86 bits per heavy atom. The van der Waals surface area contributed by atoms with Crippen molar-refractivity contribution in [3.8, 4) is 0 Å². The standard InChI is InChI=1S/C12H16O2/c13-12-10-6-3-5-8(10)9-4-1-2-7-11(9)14-12/h9,11H,1-7H2/t9-,11+/m1/s1. The average Bonchev–Trinajstić information content (AvgIpc) is 2.67. The summed E-state index contributed by atoms with van der Waals surface area (Å²) in [4.78, 5) is 11.7. The number of esters is 1. The Kier molecular flexibility index (Phi) is 1.89. The lowest BCUT2D eigenvalue weighted by Gasteiger charge is -2.36. The minimum Gasteiger partial charge on any atom is -0.458 e. The molecule has 2 aliphatic carbocycles. The molecule has 0 saturated heterocycles. The minimum atomic E-state index is 0.000602. The Balaban J connectivity index is 1.96. The second kappa shape index (κ2) is 3.11. The van der Waals surface area contributed by atoms with E-state index in [-0.39, 0.29) is 12.1 Å². The first-order valence-electron chi connectivity index (χ1n) is 5.79. The summed E-state index contributed by atoms with van der Waals surface area (Å²) in [6, 6.07) is 0. The van der Waals surface area contributed by atoms with Gasteiger partial charge in [-0.3, -0.25) is 0 Å². The maximum absolute atomic E-state index is 11.7. The van der Waals surface area contributed by atoms with Crippen LogP contribution < -0.4 is 0 Å². The molecule has 1 aliphatic heterocycles. The van der Waals surface area contributed by atoms with Gasteiger partial charge in [0.1, 0.15) is 6.10 Å². The monoisotopic (exact) mass is 192 g/mol. The summed E-state index contributed by atoms with van der Waals surface area (Å²) in [6.45, 7) is 0. The van der Waals surface area contributed by atoms with Gasteiger partial charge in [-0.2, -0.15) is 0 Å². The van der Waals surface area contributed by atoms with Crippen LogP contribution >= 0.6 is 0 Å². The van der Waals surface area contributed by atoms with E-state index in [2.05, 4.69) is 0 Å². The van der Waals surface area contributed by atoms with Gasteiger partial charge in [0.05, 0.1) is 0 Å². The third-order valence-corrected chi connectivity index (χ3v) is 3.92. The van der Waals surface area contributed by atoms with Gasteiger partial charge in [-0.05, 0) is 38.5 Å². The first kappa shape index (κ1) is 8.51. The van der Waals surface area contributed by atoms with Crippen LogP contribution in [0.5, 0.6) is 0 Å². The molecule has 0 N–H and O–H groups in total. The van der Waals surface area contributed by atoms with E-state index >= 15 is 0 Å². The van der Waals surface area contributed by atoms with E-state index in [0.29, 0.717) is 5.92 Å². The van der Waals surface area contributed by atoms with Crippen molar-refractivity contribution >= 4 is 5.97 Å². The van der Waals surface area contributed by atoms with Crippen molar-refractivity contribution in [3.05, 3.63) is 11.1 Å². The van der Waals surface area contributed by atoms with Gasteiger partial charge < -0.3 is 4.74 Å². The van der Waals surface area contributed by atoms with Gasteiger partial charge in [-0.25, -0.2) is 4.79 Å². The predicted molar refractivity (Wildman–Crippen MR) is 52.7 cm³/mol. The number of hydrogen-bond donors (Lipinski definition) is 0. The summed E-state index contributed by atoms with van der Waals surface area (Å²) in [5, 5.41) is 0. The molecule has 0 aromatic heterocycles. The van der Waals surface area contributed by atoms with Crippen LogP contribution in [0.2, 0.25) is 0 Å². The van der Waals surface area contributed by atoms with Crippen molar-refractivity contribution in [2.45, 2.75) is 51.0 Å². The molecule has 3 aliphatic rings. The van der Waals surface area contributed by atoms with Gasteiger partial charge in [0.15, 0.2) is 0 Å². The van der Waals surface area contributed by atoms with E-state index in [9.17, 15) is 4.79 Å². The van der Waals surface area contributed by atoms with Gasteiger partial charge in [-0.1, -0.05) is 12.0 Å². The van der Waals surface area contributed by atoms with Crippen molar-refractivity contribution in [1.82, 2.24) is 0 Å². The molecule has 1 heterocycles. The SMILES string of the molecule is O=C1O[C@H]2CCCC[C@@H]2C2=C1CCC2. The largest absolute Gasteiger partial charge is 0.458 e. The van der Waals surface area contributed by atoms with Crippen LogP contribution in [0.15, 0.2) is 11.1 Å². The molecule has 3 rings (SSSR count). The lowest BCUT2D eigenvalue weighted by Crippen LogP contribution is -2.36. The second-order valence-corrected chi connectivity index (χ2v) is 4.69. The molecule has 2 heteroatoms. The van der Waals surface area contributed by atoms with E-state index in [0.717, 1.165) is 24.8 Å². The molecule has 0 spiro atoms. The van der Waals surface area contributed by atoms with Gasteiger partial charge in [0, 0.05) is 11.5 Å². The second-order valence-electron chi connectivity index (χ2n) is 4.69. The molecule has 0 unspecified atom stereocenters. The molecule has 1 fully saturated rings. The van der Waals surface area contributed by atoms with E-state index in [1.54, 1.807) is 0 Å². The van der Waals surface area contributed by atoms with Crippen LogP contribution in [0.4, 0.5) is 0 Å². The van der Waals surface area contributed by atoms with Crippen LogP contribution in [0.1, 0.15) is 44.9 Å². The van der Waals surface area contributed by atoms with Crippen LogP contribution in [0.3, 0.4) is 0 Å². The maximum atomic E-state index is 11.7. The molecular weight excluding hydrogens is 176 g/mol. The molecule has 0 amide bonds. The molecule has 14 heavy (non-hydrogen) atoms. The van der Waals surface area contributed by atoms with Gasteiger partial charge in [0.2, 0.25) is 0 Å². The maximum Gasteiger partial charge on any atom is 0.334 e. The van der Waals surface area contributed by atoms with Gasteiger partial charge >= 0.3 is 5.97 Å². The lowest BCUT2D eigenvalue weighted by atomic mass is 9.78. The Morgan fingerprint density at radius 1 is 1.07 bits per heavy atom. The van der Waals surface area contributed by atoms with E-state index in [1.165, 1.54) is 31.3 Å². The smallest absolute Gasteiger partial charge is 0.334 e. The van der Waals surface area contributed by atoms with E-state index in [4.69, 9.17) is 4.74 Å². The summed E-state index contributed by atoms with van der Waals surface area (Å²) in [7, 11) is 0. The Bertz CT molecular complexity index is 303. The Labute approximate surface area is 84.3 Å². The zero-order chi connectivity index (χ0) is 9.54. The van der Waals surface area contributed by atoms with Crippen molar-refractivity contribution in [2.75, 3.05) is 0 Å². The fourth-order valence-electron chi connectivity index (χ4n) is 3.25. The van der Waals surface area contributed by atoms with E-state index < -0.39 is 0 Å². The number of hydrogen-bond acceptors (Lipinski definition) is 2. The van der Waals surface area contributed by atoms with Gasteiger partial charge in [0.25, 0.3) is 0 Å². The summed E-state index contributed by atoms with van der Waals surface area (Å²) in [6.07, 6.45) is 8.41. The van der Waals surface area contributed by atoms with Crippen molar-refractivity contribution < 1.29 is 9.53 Å². The fourth-order valence-corrected chi connectivity index (χ4v) is 3.25. The molecule has 0 aromatic rings. The van der Waals surface area contributed by atoms with Crippen LogP contribution in [0, 0.1) is 5.92 Å². The number of ether oxygens (including phenoxy) is 1. The molecule has 0 bridgehead atoms. The molecule has 76 valence electrons. The van der Waals surface area contributed by atoms with Crippen LogP contribution in [0.25, 0.3) is 0 Å². The highest BCUT2D eigenvalue weighted by molar-refractivity contribution is 5.91. The Hall–Kier alpha value is -0.790. The number of carbonyl (C=O) groups is 1. The topological polar surface area (TPSA) is 26.3 Å². The minimum absolute atomic E-state index is 0.000602. The third kappa shape index (κ3) is 1.13. The summed E-state index contributed by atoms with van der Waals surface area (Å²) in [5.74, 6) is 0.597. The third-order valence-electron chi connectivity index (χ3n) is 3.92. The molecule has 2 nitrogen and oxygen atoms in total. The predicted octanol–water partition coefficient (Wildman–Crippen LogP) is 2.58. The number of rotatable bonds is 0. The molecule has 2 atom stereocenters. The highest BCUT2D eigenvalue weighted by atomic mass is 16.5. The van der Waals surface area contributed by atoms with Crippen LogP contribution in [-0.2, 0) is 9.53 Å². The van der Waals surface area contributed by atoms with Crippen molar-refractivity contribution in [2.24, 2.45) is 5.92 Å². The summed E-state index contributed by atoms with van der Waals surface area (Å²) >= 11 is 0. The first-order chi connectivity index (χ1) is 6.86. The summed E-state index contributed by atoms with van der Waals surface area (Å²) in [5.41, 5.74) is 2.50. The highest BCUT2D eigenvalue weighted by Crippen LogP contribution is 2.44. The van der Waals surface area contributed by atoms with Crippen molar-refractivity contribution in [3.63, 3.8) is 0 Å². The first-order valence-corrected chi connectivity index (χ1v) is 5.79. The lowest BCUT2D eigenvalue weighted by molar-refractivity contribution is -0.150. The zero-order valence-corrected chi connectivity index (χ0v) is 8.42. The molecular formula is C12H16O2. The van der Waals surface area contributed by atoms with Gasteiger partial charge in [-0.15, -0.1) is 0 Å². The number of fused-ring (bicyclic) bond motifs is 2. The zero-order valence-electron chi connectivity index (χ0n) is 8.42. The molecule has 1 saturated carbocycles.